The Bertz CT molecular complexity index is 854. The minimum atomic E-state index is -4.57. The Morgan fingerprint density at radius 3 is 2.46 bits per heavy atom. The highest BCUT2D eigenvalue weighted by molar-refractivity contribution is 5.76. The van der Waals surface area contributed by atoms with Crippen molar-refractivity contribution in [3.63, 3.8) is 0 Å². The number of amides is 1. The molecule has 0 radical (unpaired) electrons. The Hall–Kier alpha value is -2.88. The highest BCUT2D eigenvalue weighted by atomic mass is 19.4. The molecule has 4 nitrogen and oxygen atoms in total. The molecule has 1 saturated heterocycles. The lowest BCUT2D eigenvalue weighted by atomic mass is 10.0. The van der Waals surface area contributed by atoms with E-state index in [-0.39, 0.29) is 17.2 Å². The first-order valence-corrected chi connectivity index (χ1v) is 8.24. The van der Waals surface area contributed by atoms with Crippen molar-refractivity contribution >= 4 is 5.91 Å². The number of hydrogen-bond donors (Lipinski definition) is 0. The fraction of sp³-hybridized carbons (Fsp3) is 0.316. The summed E-state index contributed by atoms with van der Waals surface area (Å²) in [6.45, 7) is 1.19. The zero-order valence-corrected chi connectivity index (χ0v) is 13.9. The molecule has 0 spiro atoms. The van der Waals surface area contributed by atoms with E-state index in [4.69, 9.17) is 5.26 Å². The van der Waals surface area contributed by atoms with E-state index in [1.165, 1.54) is 0 Å². The van der Waals surface area contributed by atoms with Gasteiger partial charge in [0.1, 0.15) is 11.8 Å². The summed E-state index contributed by atoms with van der Waals surface area (Å²) in [5.74, 6) is 0.117. The lowest BCUT2D eigenvalue weighted by Gasteiger charge is -2.26. The monoisotopic (exact) mass is 359 g/mol. The molecule has 0 unspecified atom stereocenters. The maximum absolute atomic E-state index is 12.9. The van der Waals surface area contributed by atoms with Crippen molar-refractivity contribution in [1.82, 2.24) is 9.88 Å². The van der Waals surface area contributed by atoms with Gasteiger partial charge in [-0.1, -0.05) is 24.3 Å². The first-order valence-electron chi connectivity index (χ1n) is 8.24. The summed E-state index contributed by atoms with van der Waals surface area (Å²) in [5.41, 5.74) is 0.366. The van der Waals surface area contributed by atoms with E-state index in [0.717, 1.165) is 30.5 Å². The van der Waals surface area contributed by atoms with E-state index in [1.54, 1.807) is 29.2 Å². The summed E-state index contributed by atoms with van der Waals surface area (Å²) in [5, 5.41) is 9.16. The van der Waals surface area contributed by atoms with Crippen LogP contribution in [-0.4, -0.2) is 22.3 Å². The van der Waals surface area contributed by atoms with E-state index in [1.807, 2.05) is 6.07 Å². The minimum absolute atomic E-state index is 0.00271. The van der Waals surface area contributed by atoms with E-state index >= 15 is 0 Å². The molecule has 134 valence electrons. The van der Waals surface area contributed by atoms with Crippen LogP contribution >= 0.6 is 0 Å². The van der Waals surface area contributed by atoms with Gasteiger partial charge in [-0.15, -0.1) is 0 Å². The number of rotatable bonds is 3. The van der Waals surface area contributed by atoms with Crippen LogP contribution in [0.3, 0.4) is 0 Å². The Balaban J connectivity index is 1.86. The van der Waals surface area contributed by atoms with Crippen LogP contribution in [0.25, 0.3) is 11.3 Å². The molecule has 26 heavy (non-hydrogen) atoms. The average Bonchev–Trinajstić information content (AvgIpc) is 2.63. The fourth-order valence-electron chi connectivity index (χ4n) is 2.94. The second-order valence-electron chi connectivity index (χ2n) is 6.17. The van der Waals surface area contributed by atoms with Gasteiger partial charge in [0.2, 0.25) is 5.91 Å². The van der Waals surface area contributed by atoms with Gasteiger partial charge in [-0.25, -0.2) is 4.98 Å². The van der Waals surface area contributed by atoms with Gasteiger partial charge < -0.3 is 4.90 Å². The molecular weight excluding hydrogens is 343 g/mol. The van der Waals surface area contributed by atoms with Gasteiger partial charge in [0, 0.05) is 25.1 Å². The molecule has 1 aliphatic heterocycles. The molecular formula is C19H16F3N3O. The van der Waals surface area contributed by atoms with Crippen LogP contribution in [0.15, 0.2) is 36.4 Å². The van der Waals surface area contributed by atoms with Gasteiger partial charge in [0.25, 0.3) is 0 Å². The number of alkyl halides is 3. The van der Waals surface area contributed by atoms with Gasteiger partial charge in [-0.05, 0) is 30.5 Å². The summed E-state index contributed by atoms with van der Waals surface area (Å²) in [6.07, 6.45) is -2.13. The highest BCUT2D eigenvalue weighted by Gasteiger charge is 2.33. The maximum Gasteiger partial charge on any atom is 0.433 e. The Morgan fingerprint density at radius 2 is 1.85 bits per heavy atom. The van der Waals surface area contributed by atoms with Crippen LogP contribution < -0.4 is 0 Å². The van der Waals surface area contributed by atoms with Crippen molar-refractivity contribution in [2.24, 2.45) is 0 Å². The van der Waals surface area contributed by atoms with Gasteiger partial charge in [-0.3, -0.25) is 4.79 Å². The average molecular weight is 359 g/mol. The van der Waals surface area contributed by atoms with E-state index < -0.39 is 11.9 Å². The number of likely N-dealkylation sites (tertiary alicyclic amines) is 1. The third-order valence-corrected chi connectivity index (χ3v) is 4.33. The van der Waals surface area contributed by atoms with E-state index in [9.17, 15) is 18.0 Å². The van der Waals surface area contributed by atoms with Crippen LogP contribution in [0, 0.1) is 11.3 Å². The molecule has 0 saturated carbocycles. The number of benzene rings is 1. The largest absolute Gasteiger partial charge is 0.433 e. The van der Waals surface area contributed by atoms with Gasteiger partial charge in [0.15, 0.2) is 0 Å². The molecule has 0 aliphatic carbocycles. The number of nitrogens with zero attached hydrogens (tertiary/aromatic N) is 3. The predicted octanol–water partition coefficient (Wildman–Crippen LogP) is 4.15. The second-order valence-corrected chi connectivity index (χ2v) is 6.17. The molecule has 1 amide bonds. The quantitative estimate of drug-likeness (QED) is 0.827. The van der Waals surface area contributed by atoms with Crippen LogP contribution in [0.5, 0.6) is 0 Å². The Labute approximate surface area is 148 Å². The lowest BCUT2D eigenvalue weighted by molar-refractivity contribution is -0.141. The molecule has 1 aliphatic rings. The smallest absolute Gasteiger partial charge is 0.338 e. The predicted molar refractivity (Wildman–Crippen MR) is 88.7 cm³/mol. The Morgan fingerprint density at radius 1 is 1.12 bits per heavy atom. The Kier molecular flexibility index (Phi) is 4.94. The van der Waals surface area contributed by atoms with Gasteiger partial charge >= 0.3 is 6.18 Å². The number of pyridine rings is 1. The first kappa shape index (κ1) is 17.9. The van der Waals surface area contributed by atoms with Crippen molar-refractivity contribution in [3.05, 3.63) is 53.2 Å². The molecule has 1 aromatic heterocycles. The second kappa shape index (κ2) is 7.16. The normalized spacial score (nSPS) is 15.0. The van der Waals surface area contributed by atoms with Crippen LogP contribution in [-0.2, 0) is 17.5 Å². The molecule has 1 aromatic carbocycles. The molecule has 7 heteroatoms. The van der Waals surface area contributed by atoms with Crippen LogP contribution in [0.1, 0.15) is 36.1 Å². The SMILES string of the molecule is N#Cc1ccc(C(F)(F)F)nc1-c1ccc(CN2CCCCC2=O)cc1. The number of nitriles is 1. The summed E-state index contributed by atoms with van der Waals surface area (Å²) in [6, 6.07) is 10.6. The summed E-state index contributed by atoms with van der Waals surface area (Å²) >= 11 is 0. The standard InChI is InChI=1S/C19H16F3N3O/c20-19(21,22)16-9-8-15(11-23)18(24-16)14-6-4-13(5-7-14)12-25-10-2-1-3-17(25)26/h4-9H,1-3,10,12H2. The highest BCUT2D eigenvalue weighted by Crippen LogP contribution is 2.31. The van der Waals surface area contributed by atoms with Crippen LogP contribution in [0.2, 0.25) is 0 Å². The lowest BCUT2D eigenvalue weighted by Crippen LogP contribution is -2.34. The molecule has 2 heterocycles. The molecule has 0 atom stereocenters. The summed E-state index contributed by atoms with van der Waals surface area (Å²) in [4.78, 5) is 17.3. The first-order chi connectivity index (χ1) is 12.4. The van der Waals surface area contributed by atoms with Crippen LogP contribution in [0.4, 0.5) is 13.2 Å². The number of halogens is 3. The molecule has 1 fully saturated rings. The van der Waals surface area contributed by atoms with Crippen molar-refractivity contribution < 1.29 is 18.0 Å². The van der Waals surface area contributed by atoms with Crippen molar-refractivity contribution in [3.8, 4) is 17.3 Å². The minimum Gasteiger partial charge on any atom is -0.338 e. The van der Waals surface area contributed by atoms with Crippen molar-refractivity contribution in [1.29, 1.82) is 5.26 Å². The zero-order valence-electron chi connectivity index (χ0n) is 13.9. The zero-order chi connectivity index (χ0) is 18.7. The molecule has 2 aromatic rings. The summed E-state index contributed by atoms with van der Waals surface area (Å²) in [7, 11) is 0. The van der Waals surface area contributed by atoms with Gasteiger partial charge in [-0.2, -0.15) is 18.4 Å². The fourth-order valence-corrected chi connectivity index (χ4v) is 2.94. The number of aromatic nitrogens is 1. The summed E-state index contributed by atoms with van der Waals surface area (Å²) < 4.78 is 38.7. The molecule has 3 rings (SSSR count). The maximum atomic E-state index is 12.9. The van der Waals surface area contributed by atoms with Crippen molar-refractivity contribution in [2.75, 3.05) is 6.54 Å². The third-order valence-electron chi connectivity index (χ3n) is 4.33. The number of carbonyl (C=O) groups is 1. The molecule has 0 bridgehead atoms. The number of hydrogen-bond acceptors (Lipinski definition) is 3. The van der Waals surface area contributed by atoms with Gasteiger partial charge in [0.05, 0.1) is 11.3 Å². The van der Waals surface area contributed by atoms with E-state index in [2.05, 4.69) is 4.98 Å². The van der Waals surface area contributed by atoms with E-state index in [0.29, 0.717) is 25.1 Å². The third kappa shape index (κ3) is 3.85. The van der Waals surface area contributed by atoms with Crippen molar-refractivity contribution in [2.45, 2.75) is 32.0 Å². The topological polar surface area (TPSA) is 57.0 Å². The number of carbonyl (C=O) groups excluding carboxylic acids is 1. The number of piperidine rings is 1. The molecule has 0 N–H and O–H groups in total.